The molecule has 1 fully saturated rings. The van der Waals surface area contributed by atoms with Gasteiger partial charge in [0.15, 0.2) is 0 Å². The molecule has 7 heteroatoms. The maximum Gasteiger partial charge on any atom is 0.254 e. The van der Waals surface area contributed by atoms with Crippen LogP contribution in [0.5, 0.6) is 0 Å². The zero-order chi connectivity index (χ0) is 20.2. The minimum Gasteiger partial charge on any atom is -0.335 e. The van der Waals surface area contributed by atoms with E-state index in [0.717, 1.165) is 11.1 Å². The Morgan fingerprint density at radius 1 is 1.00 bits per heavy atom. The number of benzene rings is 2. The molecule has 148 valence electrons. The number of carbonyl (C=O) groups is 2. The van der Waals surface area contributed by atoms with E-state index in [-0.39, 0.29) is 24.2 Å². The number of amides is 2. The van der Waals surface area contributed by atoms with Gasteiger partial charge in [0, 0.05) is 37.6 Å². The minimum absolute atomic E-state index is 0.0309. The van der Waals surface area contributed by atoms with Crippen LogP contribution in [-0.4, -0.2) is 51.0 Å². The van der Waals surface area contributed by atoms with Gasteiger partial charge in [-0.25, -0.2) is 4.39 Å². The van der Waals surface area contributed by atoms with Crippen LogP contribution in [0.4, 0.5) is 4.39 Å². The van der Waals surface area contributed by atoms with E-state index in [1.165, 1.54) is 12.1 Å². The summed E-state index contributed by atoms with van der Waals surface area (Å²) in [5.74, 6) is -0.613. The lowest BCUT2D eigenvalue weighted by atomic mass is 10.1. The summed E-state index contributed by atoms with van der Waals surface area (Å²) < 4.78 is 15.2. The van der Waals surface area contributed by atoms with E-state index < -0.39 is 0 Å². The summed E-state index contributed by atoms with van der Waals surface area (Å²) in [7, 11) is 0. The second-order valence-electron chi connectivity index (χ2n) is 7.07. The Morgan fingerprint density at radius 2 is 1.83 bits per heavy atom. The zero-order valence-electron chi connectivity index (χ0n) is 15.9. The van der Waals surface area contributed by atoms with Crippen LogP contribution >= 0.6 is 0 Å². The summed E-state index contributed by atoms with van der Waals surface area (Å²) in [5, 5.41) is 4.17. The van der Waals surface area contributed by atoms with Crippen LogP contribution in [0, 0.1) is 5.82 Å². The molecule has 0 bridgehead atoms. The number of halogens is 1. The predicted octanol–water partition coefficient (Wildman–Crippen LogP) is 2.56. The van der Waals surface area contributed by atoms with Crippen LogP contribution in [-0.2, 0) is 17.9 Å². The van der Waals surface area contributed by atoms with Crippen molar-refractivity contribution in [3.63, 3.8) is 0 Å². The van der Waals surface area contributed by atoms with Gasteiger partial charge >= 0.3 is 0 Å². The van der Waals surface area contributed by atoms with Gasteiger partial charge in [0.1, 0.15) is 12.4 Å². The number of aromatic nitrogens is 2. The first-order chi connectivity index (χ1) is 14.1. The third-order valence-corrected chi connectivity index (χ3v) is 4.97. The zero-order valence-corrected chi connectivity index (χ0v) is 15.9. The molecule has 6 nitrogen and oxygen atoms in total. The fourth-order valence-corrected chi connectivity index (χ4v) is 3.42. The highest BCUT2D eigenvalue weighted by Crippen LogP contribution is 2.14. The molecule has 1 saturated heterocycles. The Bertz CT molecular complexity index is 1000. The summed E-state index contributed by atoms with van der Waals surface area (Å²) in [6, 6.07) is 15.5. The average molecular weight is 392 g/mol. The number of hydrogen-bond donors (Lipinski definition) is 0. The van der Waals surface area contributed by atoms with E-state index in [1.54, 1.807) is 40.3 Å². The second kappa shape index (κ2) is 8.26. The SMILES string of the molecule is O=C1CN(C(=O)c2ccc(Cn3cccn3)cc2)CCN1Cc1cccc(F)c1. The quantitative estimate of drug-likeness (QED) is 0.671. The van der Waals surface area contributed by atoms with Gasteiger partial charge < -0.3 is 9.80 Å². The molecule has 0 saturated carbocycles. The normalized spacial score (nSPS) is 14.3. The molecule has 0 atom stereocenters. The van der Waals surface area contributed by atoms with Gasteiger partial charge in [-0.3, -0.25) is 14.3 Å². The molecular weight excluding hydrogens is 371 g/mol. The Balaban J connectivity index is 1.36. The summed E-state index contributed by atoms with van der Waals surface area (Å²) >= 11 is 0. The Morgan fingerprint density at radius 3 is 2.52 bits per heavy atom. The van der Waals surface area contributed by atoms with Crippen molar-refractivity contribution in [2.75, 3.05) is 19.6 Å². The monoisotopic (exact) mass is 392 g/mol. The van der Waals surface area contributed by atoms with Crippen molar-refractivity contribution in [3.05, 3.63) is 89.5 Å². The van der Waals surface area contributed by atoms with Gasteiger partial charge in [-0.15, -0.1) is 0 Å². The number of carbonyl (C=O) groups excluding carboxylic acids is 2. The molecule has 2 heterocycles. The fraction of sp³-hybridized carbons (Fsp3) is 0.227. The number of rotatable bonds is 5. The molecule has 0 spiro atoms. The molecule has 2 aromatic carbocycles. The molecule has 1 aliphatic rings. The first-order valence-electron chi connectivity index (χ1n) is 9.46. The van der Waals surface area contributed by atoms with E-state index in [1.807, 2.05) is 29.1 Å². The van der Waals surface area contributed by atoms with Crippen molar-refractivity contribution in [3.8, 4) is 0 Å². The van der Waals surface area contributed by atoms with Crippen molar-refractivity contribution in [1.29, 1.82) is 0 Å². The van der Waals surface area contributed by atoms with Crippen LogP contribution in [0.1, 0.15) is 21.5 Å². The van der Waals surface area contributed by atoms with E-state index in [2.05, 4.69) is 5.10 Å². The lowest BCUT2D eigenvalue weighted by molar-refractivity contribution is -0.135. The third kappa shape index (κ3) is 4.51. The van der Waals surface area contributed by atoms with Crippen LogP contribution in [0.2, 0.25) is 0 Å². The van der Waals surface area contributed by atoms with E-state index in [4.69, 9.17) is 0 Å². The molecule has 1 aliphatic heterocycles. The van der Waals surface area contributed by atoms with Crippen molar-refractivity contribution in [2.45, 2.75) is 13.1 Å². The molecule has 1 aromatic heterocycles. The summed E-state index contributed by atoms with van der Waals surface area (Å²) in [5.41, 5.74) is 2.34. The number of piperazine rings is 1. The molecule has 4 rings (SSSR count). The van der Waals surface area contributed by atoms with Crippen LogP contribution in [0.3, 0.4) is 0 Å². The third-order valence-electron chi connectivity index (χ3n) is 4.97. The van der Waals surface area contributed by atoms with Gasteiger partial charge in [0.05, 0.1) is 6.54 Å². The largest absolute Gasteiger partial charge is 0.335 e. The van der Waals surface area contributed by atoms with Gasteiger partial charge in [-0.05, 0) is 41.5 Å². The number of nitrogens with zero attached hydrogens (tertiary/aromatic N) is 4. The van der Waals surface area contributed by atoms with Crippen molar-refractivity contribution >= 4 is 11.8 Å². The first-order valence-corrected chi connectivity index (χ1v) is 9.46. The summed E-state index contributed by atoms with van der Waals surface area (Å²) in [6.45, 7) is 1.90. The van der Waals surface area contributed by atoms with Crippen molar-refractivity contribution in [2.24, 2.45) is 0 Å². The molecule has 0 radical (unpaired) electrons. The highest BCUT2D eigenvalue weighted by Gasteiger charge is 2.27. The molecule has 0 unspecified atom stereocenters. The van der Waals surface area contributed by atoms with Crippen LogP contribution in [0.15, 0.2) is 67.0 Å². The molecule has 0 aliphatic carbocycles. The minimum atomic E-state index is -0.320. The topological polar surface area (TPSA) is 58.4 Å². The Labute approximate surface area is 168 Å². The van der Waals surface area contributed by atoms with Gasteiger partial charge in [-0.1, -0.05) is 24.3 Å². The molecular formula is C22H21FN4O2. The van der Waals surface area contributed by atoms with Crippen molar-refractivity contribution in [1.82, 2.24) is 19.6 Å². The fourth-order valence-electron chi connectivity index (χ4n) is 3.42. The first kappa shape index (κ1) is 18.9. The Hall–Kier alpha value is -3.48. The predicted molar refractivity (Wildman–Crippen MR) is 105 cm³/mol. The summed E-state index contributed by atoms with van der Waals surface area (Å²) in [6.07, 6.45) is 3.61. The maximum atomic E-state index is 13.3. The standard InChI is InChI=1S/C22H21FN4O2/c23-20-4-1-3-18(13-20)14-25-11-12-26(16-21(25)28)22(29)19-7-5-17(6-8-19)15-27-10-2-9-24-27/h1-10,13H,11-12,14-16H2. The highest BCUT2D eigenvalue weighted by molar-refractivity contribution is 5.97. The average Bonchev–Trinajstić information content (AvgIpc) is 3.23. The molecule has 0 N–H and O–H groups in total. The van der Waals surface area contributed by atoms with Gasteiger partial charge in [0.2, 0.25) is 5.91 Å². The lowest BCUT2D eigenvalue weighted by Gasteiger charge is -2.34. The van der Waals surface area contributed by atoms with E-state index in [9.17, 15) is 14.0 Å². The molecule has 2 amide bonds. The van der Waals surface area contributed by atoms with E-state index in [0.29, 0.717) is 31.7 Å². The smallest absolute Gasteiger partial charge is 0.254 e. The summed E-state index contributed by atoms with van der Waals surface area (Å²) in [4.78, 5) is 28.5. The highest BCUT2D eigenvalue weighted by atomic mass is 19.1. The lowest BCUT2D eigenvalue weighted by Crippen LogP contribution is -2.51. The van der Waals surface area contributed by atoms with Crippen LogP contribution < -0.4 is 0 Å². The molecule has 29 heavy (non-hydrogen) atoms. The Kier molecular flexibility index (Phi) is 5.37. The second-order valence-corrected chi connectivity index (χ2v) is 7.07. The van der Waals surface area contributed by atoms with Gasteiger partial charge in [0.25, 0.3) is 5.91 Å². The maximum absolute atomic E-state index is 13.3. The number of hydrogen-bond acceptors (Lipinski definition) is 3. The van der Waals surface area contributed by atoms with Crippen LogP contribution in [0.25, 0.3) is 0 Å². The van der Waals surface area contributed by atoms with Crippen molar-refractivity contribution < 1.29 is 14.0 Å². The molecule has 3 aromatic rings. The van der Waals surface area contributed by atoms with Gasteiger partial charge in [-0.2, -0.15) is 5.10 Å². The van der Waals surface area contributed by atoms with E-state index >= 15 is 0 Å².